The molecule has 3 rings (SSSR count). The molecule has 33 heavy (non-hydrogen) atoms. The van der Waals surface area contributed by atoms with E-state index in [-0.39, 0.29) is 18.0 Å². The lowest BCUT2D eigenvalue weighted by Crippen LogP contribution is -2.18. The third-order valence-electron chi connectivity index (χ3n) is 4.41. The van der Waals surface area contributed by atoms with Gasteiger partial charge in [0.1, 0.15) is 12.4 Å². The van der Waals surface area contributed by atoms with Crippen molar-refractivity contribution in [1.29, 1.82) is 0 Å². The van der Waals surface area contributed by atoms with Gasteiger partial charge in [-0.3, -0.25) is 4.79 Å². The minimum atomic E-state index is -4.55. The molecule has 3 aromatic rings. The quantitative estimate of drug-likeness (QED) is 0.169. The Morgan fingerprint density at radius 2 is 1.88 bits per heavy atom. The molecule has 3 aromatic carbocycles. The fourth-order valence-electron chi connectivity index (χ4n) is 2.79. The SMILES string of the molecule is COc1cc(/C=N\NC(=O)c2cccc(C(F)(F)F)c2)cc(I)c1OCc1ccccc1F. The van der Waals surface area contributed by atoms with Gasteiger partial charge in [-0.05, 0) is 64.6 Å². The van der Waals surface area contributed by atoms with Crippen LogP contribution in [0, 0.1) is 9.39 Å². The maximum atomic E-state index is 13.8. The van der Waals surface area contributed by atoms with Gasteiger partial charge in [-0.1, -0.05) is 24.3 Å². The molecule has 10 heteroatoms. The number of halogens is 5. The maximum Gasteiger partial charge on any atom is 0.416 e. The summed E-state index contributed by atoms with van der Waals surface area (Å²) in [5.41, 5.74) is 2.02. The van der Waals surface area contributed by atoms with Crippen LogP contribution in [0.4, 0.5) is 17.6 Å². The van der Waals surface area contributed by atoms with E-state index < -0.39 is 17.6 Å². The monoisotopic (exact) mass is 572 g/mol. The maximum absolute atomic E-state index is 13.8. The highest BCUT2D eigenvalue weighted by Gasteiger charge is 2.30. The van der Waals surface area contributed by atoms with Crippen LogP contribution in [0.2, 0.25) is 0 Å². The van der Waals surface area contributed by atoms with E-state index in [0.717, 1.165) is 18.2 Å². The molecule has 5 nitrogen and oxygen atoms in total. The number of alkyl halides is 3. The first-order valence-corrected chi connectivity index (χ1v) is 10.5. The van der Waals surface area contributed by atoms with Crippen LogP contribution in [0.25, 0.3) is 0 Å². The molecule has 0 aliphatic carbocycles. The van der Waals surface area contributed by atoms with Crippen LogP contribution >= 0.6 is 22.6 Å². The van der Waals surface area contributed by atoms with E-state index in [1.807, 2.05) is 22.6 Å². The number of benzene rings is 3. The Morgan fingerprint density at radius 3 is 2.58 bits per heavy atom. The second kappa shape index (κ2) is 10.6. The molecule has 0 spiro atoms. The van der Waals surface area contributed by atoms with Crippen LogP contribution in [0.15, 0.2) is 65.8 Å². The van der Waals surface area contributed by atoms with Crippen molar-refractivity contribution >= 4 is 34.7 Å². The van der Waals surface area contributed by atoms with E-state index in [9.17, 15) is 22.4 Å². The smallest absolute Gasteiger partial charge is 0.416 e. The molecule has 1 amide bonds. The topological polar surface area (TPSA) is 59.9 Å². The predicted molar refractivity (Wildman–Crippen MR) is 123 cm³/mol. The summed E-state index contributed by atoms with van der Waals surface area (Å²) in [6.07, 6.45) is -3.24. The first-order chi connectivity index (χ1) is 15.7. The van der Waals surface area contributed by atoms with Gasteiger partial charge in [0.15, 0.2) is 11.5 Å². The van der Waals surface area contributed by atoms with Crippen LogP contribution in [-0.2, 0) is 12.8 Å². The number of hydrogen-bond acceptors (Lipinski definition) is 4. The minimum absolute atomic E-state index is 0.000478. The van der Waals surface area contributed by atoms with E-state index in [1.54, 1.807) is 30.3 Å². The highest BCUT2D eigenvalue weighted by Crippen LogP contribution is 2.34. The van der Waals surface area contributed by atoms with Crippen molar-refractivity contribution in [2.45, 2.75) is 12.8 Å². The van der Waals surface area contributed by atoms with Gasteiger partial charge in [0.2, 0.25) is 0 Å². The number of rotatable bonds is 7. The second-order valence-corrected chi connectivity index (χ2v) is 7.85. The molecular weight excluding hydrogens is 555 g/mol. The Kier molecular flexibility index (Phi) is 7.90. The van der Waals surface area contributed by atoms with Crippen molar-refractivity contribution in [3.8, 4) is 11.5 Å². The molecule has 0 saturated carbocycles. The number of hydrogen-bond donors (Lipinski definition) is 1. The highest BCUT2D eigenvalue weighted by atomic mass is 127. The first-order valence-electron chi connectivity index (χ1n) is 9.43. The van der Waals surface area contributed by atoms with Crippen molar-refractivity contribution in [2.24, 2.45) is 5.10 Å². The number of amides is 1. The summed E-state index contributed by atoms with van der Waals surface area (Å²) < 4.78 is 64.0. The molecule has 1 N–H and O–H groups in total. The normalized spacial score (nSPS) is 11.5. The molecule has 0 atom stereocenters. The van der Waals surface area contributed by atoms with E-state index >= 15 is 0 Å². The molecule has 0 saturated heterocycles. The molecule has 0 fully saturated rings. The van der Waals surface area contributed by atoms with Crippen molar-refractivity contribution < 1.29 is 31.8 Å². The third-order valence-corrected chi connectivity index (χ3v) is 5.21. The van der Waals surface area contributed by atoms with Crippen LogP contribution in [-0.4, -0.2) is 19.2 Å². The van der Waals surface area contributed by atoms with Gasteiger partial charge in [0.05, 0.1) is 22.5 Å². The molecular formula is C23H17F4IN2O3. The Labute approximate surface area is 200 Å². The van der Waals surface area contributed by atoms with Gasteiger partial charge < -0.3 is 9.47 Å². The second-order valence-electron chi connectivity index (χ2n) is 6.69. The number of carbonyl (C=O) groups is 1. The van der Waals surface area contributed by atoms with Gasteiger partial charge in [-0.15, -0.1) is 0 Å². The van der Waals surface area contributed by atoms with Crippen molar-refractivity contribution in [3.05, 3.63) is 92.3 Å². The fraction of sp³-hybridized carbons (Fsp3) is 0.130. The summed E-state index contributed by atoms with van der Waals surface area (Å²) in [7, 11) is 1.44. The number of ether oxygens (including phenoxy) is 2. The average Bonchev–Trinajstić information content (AvgIpc) is 2.78. The fourth-order valence-corrected chi connectivity index (χ4v) is 3.57. The van der Waals surface area contributed by atoms with Crippen LogP contribution in [0.1, 0.15) is 27.0 Å². The van der Waals surface area contributed by atoms with Gasteiger partial charge in [-0.25, -0.2) is 9.82 Å². The van der Waals surface area contributed by atoms with Crippen molar-refractivity contribution in [1.82, 2.24) is 5.43 Å². The summed E-state index contributed by atoms with van der Waals surface area (Å²) >= 11 is 2.02. The van der Waals surface area contributed by atoms with Gasteiger partial charge in [0.25, 0.3) is 5.91 Å². The Morgan fingerprint density at radius 1 is 1.12 bits per heavy atom. The molecule has 0 bridgehead atoms. The molecule has 0 radical (unpaired) electrons. The standard InChI is InChI=1S/C23H17F4IN2O3/c1-32-20-10-14(9-19(28)21(20)33-13-16-5-2-3-8-18(16)24)12-29-30-22(31)15-6-4-7-17(11-15)23(25,26)27/h2-12H,13H2,1H3,(H,30,31)/b29-12-. The van der Waals surface area contributed by atoms with Crippen molar-refractivity contribution in [3.63, 3.8) is 0 Å². The van der Waals surface area contributed by atoms with E-state index in [0.29, 0.717) is 26.2 Å². The molecule has 0 aliphatic rings. The lowest BCUT2D eigenvalue weighted by molar-refractivity contribution is -0.137. The zero-order valence-electron chi connectivity index (χ0n) is 17.1. The number of methoxy groups -OCH3 is 1. The number of carbonyl (C=O) groups excluding carboxylic acids is 1. The minimum Gasteiger partial charge on any atom is -0.493 e. The Balaban J connectivity index is 1.70. The molecule has 0 aliphatic heterocycles. The lowest BCUT2D eigenvalue weighted by atomic mass is 10.1. The average molecular weight is 572 g/mol. The van der Waals surface area contributed by atoms with Gasteiger partial charge >= 0.3 is 6.18 Å². The number of hydrazone groups is 1. The van der Waals surface area contributed by atoms with Crippen molar-refractivity contribution in [2.75, 3.05) is 7.11 Å². The summed E-state index contributed by atoms with van der Waals surface area (Å²) in [4.78, 5) is 12.1. The van der Waals surface area contributed by atoms with E-state index in [2.05, 4.69) is 10.5 Å². The molecule has 0 heterocycles. The Bertz CT molecular complexity index is 1180. The largest absolute Gasteiger partial charge is 0.493 e. The molecule has 172 valence electrons. The lowest BCUT2D eigenvalue weighted by Gasteiger charge is -2.14. The van der Waals surface area contributed by atoms with E-state index in [4.69, 9.17) is 9.47 Å². The van der Waals surface area contributed by atoms with Crippen LogP contribution in [0.5, 0.6) is 11.5 Å². The Hall–Kier alpha value is -3.15. The van der Waals surface area contributed by atoms with Crippen LogP contribution in [0.3, 0.4) is 0 Å². The number of nitrogens with zero attached hydrogens (tertiary/aromatic N) is 1. The van der Waals surface area contributed by atoms with Gasteiger partial charge in [0, 0.05) is 11.1 Å². The number of nitrogens with one attached hydrogen (secondary N) is 1. The molecule has 0 unspecified atom stereocenters. The third kappa shape index (κ3) is 6.44. The first kappa shape index (κ1) is 24.5. The van der Waals surface area contributed by atoms with Crippen LogP contribution < -0.4 is 14.9 Å². The predicted octanol–water partition coefficient (Wildman–Crippen LogP) is 5.80. The summed E-state index contributed by atoms with van der Waals surface area (Å²) in [5.74, 6) is -0.397. The van der Waals surface area contributed by atoms with E-state index in [1.165, 1.54) is 25.5 Å². The highest BCUT2D eigenvalue weighted by molar-refractivity contribution is 14.1. The summed E-state index contributed by atoms with van der Waals surface area (Å²) in [6.45, 7) is -0.000478. The zero-order valence-corrected chi connectivity index (χ0v) is 19.3. The van der Waals surface area contributed by atoms with Gasteiger partial charge in [-0.2, -0.15) is 18.3 Å². The molecule has 0 aromatic heterocycles. The zero-order chi connectivity index (χ0) is 24.0. The summed E-state index contributed by atoms with van der Waals surface area (Å²) in [6, 6.07) is 13.6. The summed E-state index contributed by atoms with van der Waals surface area (Å²) in [5, 5.41) is 3.81.